The van der Waals surface area contributed by atoms with Gasteiger partial charge in [0, 0.05) is 15.7 Å². The molecule has 0 aliphatic heterocycles. The van der Waals surface area contributed by atoms with Crippen molar-refractivity contribution >= 4 is 46.4 Å². The van der Waals surface area contributed by atoms with Crippen LogP contribution in [0.5, 0.6) is 5.75 Å². The first-order chi connectivity index (χ1) is 12.0. The van der Waals surface area contributed by atoms with Crippen LogP contribution in [0.2, 0.25) is 10.0 Å². The van der Waals surface area contributed by atoms with E-state index in [1.165, 1.54) is 7.11 Å². The van der Waals surface area contributed by atoms with Gasteiger partial charge in [0.05, 0.1) is 24.6 Å². The molecule has 2 unspecified atom stereocenters. The third kappa shape index (κ3) is 4.24. The molecule has 1 aliphatic carbocycles. The van der Waals surface area contributed by atoms with E-state index in [2.05, 4.69) is 10.6 Å². The topological polar surface area (TPSA) is 67.4 Å². The second-order valence-corrected chi connectivity index (χ2v) is 6.66. The van der Waals surface area contributed by atoms with E-state index in [1.54, 1.807) is 36.4 Å². The van der Waals surface area contributed by atoms with Crippen LogP contribution in [0.25, 0.3) is 0 Å². The average molecular weight is 379 g/mol. The number of para-hydroxylation sites is 2. The number of amides is 2. The molecule has 5 nitrogen and oxygen atoms in total. The molecule has 0 aromatic heterocycles. The second-order valence-electron chi connectivity index (χ2n) is 5.79. The van der Waals surface area contributed by atoms with E-state index < -0.39 is 0 Å². The van der Waals surface area contributed by atoms with Crippen LogP contribution < -0.4 is 15.4 Å². The molecule has 130 valence electrons. The van der Waals surface area contributed by atoms with E-state index in [0.717, 1.165) is 0 Å². The number of ether oxygens (including phenoxy) is 1. The summed E-state index contributed by atoms with van der Waals surface area (Å²) in [6.45, 7) is 0. The fraction of sp³-hybridized carbons (Fsp3) is 0.222. The predicted octanol–water partition coefficient (Wildman–Crippen LogP) is 4.22. The van der Waals surface area contributed by atoms with Crippen LogP contribution in [0.3, 0.4) is 0 Å². The standard InChI is InChI=1S/C18H16Cl2N2O3/c1-25-16-5-3-2-4-15(16)22-18(24)14-9-13(14)17(23)21-12-7-10(19)6-11(20)8-12/h2-8,13-14H,9H2,1H3,(H,21,23)(H,22,24). The molecule has 2 amide bonds. The number of hydrogen-bond acceptors (Lipinski definition) is 3. The lowest BCUT2D eigenvalue weighted by Crippen LogP contribution is -2.20. The largest absolute Gasteiger partial charge is 0.495 e. The number of nitrogens with one attached hydrogen (secondary N) is 2. The molecule has 2 aromatic rings. The van der Waals surface area contributed by atoms with Crippen LogP contribution in [-0.2, 0) is 9.59 Å². The lowest BCUT2D eigenvalue weighted by Gasteiger charge is -2.10. The molecule has 2 atom stereocenters. The predicted molar refractivity (Wildman–Crippen MR) is 98.3 cm³/mol. The monoisotopic (exact) mass is 378 g/mol. The molecule has 2 N–H and O–H groups in total. The zero-order valence-electron chi connectivity index (χ0n) is 13.4. The van der Waals surface area contributed by atoms with Crippen molar-refractivity contribution in [2.24, 2.45) is 11.8 Å². The van der Waals surface area contributed by atoms with E-state index in [-0.39, 0.29) is 23.7 Å². The Morgan fingerprint density at radius 2 is 1.60 bits per heavy atom. The van der Waals surface area contributed by atoms with Gasteiger partial charge in [0.1, 0.15) is 5.75 Å². The molecular formula is C18H16Cl2N2O3. The molecule has 3 rings (SSSR count). The van der Waals surface area contributed by atoms with E-state index in [1.807, 2.05) is 6.07 Å². The van der Waals surface area contributed by atoms with Crippen LogP contribution in [0.15, 0.2) is 42.5 Å². The van der Waals surface area contributed by atoms with Gasteiger partial charge < -0.3 is 15.4 Å². The summed E-state index contributed by atoms with van der Waals surface area (Å²) in [5.74, 6) is -0.578. The van der Waals surface area contributed by atoms with Crippen molar-refractivity contribution in [3.8, 4) is 5.75 Å². The Kier molecular flexibility index (Phi) is 5.16. The maximum Gasteiger partial charge on any atom is 0.228 e. The Labute approximate surface area is 155 Å². The molecule has 0 spiro atoms. The quantitative estimate of drug-likeness (QED) is 0.818. The molecule has 0 saturated heterocycles. The summed E-state index contributed by atoms with van der Waals surface area (Å²) in [6.07, 6.45) is 0.501. The van der Waals surface area contributed by atoms with Crippen molar-refractivity contribution in [1.29, 1.82) is 0 Å². The average Bonchev–Trinajstić information content (AvgIpc) is 3.35. The maximum absolute atomic E-state index is 12.3. The van der Waals surface area contributed by atoms with Gasteiger partial charge in [-0.2, -0.15) is 0 Å². The van der Waals surface area contributed by atoms with Gasteiger partial charge in [0.15, 0.2) is 0 Å². The zero-order chi connectivity index (χ0) is 18.0. The van der Waals surface area contributed by atoms with Crippen LogP contribution in [-0.4, -0.2) is 18.9 Å². The number of halogens is 2. The minimum atomic E-state index is -0.368. The van der Waals surface area contributed by atoms with E-state index in [4.69, 9.17) is 27.9 Å². The van der Waals surface area contributed by atoms with Crippen LogP contribution in [0, 0.1) is 11.8 Å². The number of benzene rings is 2. The number of carbonyl (C=O) groups excluding carboxylic acids is 2. The number of rotatable bonds is 5. The van der Waals surface area contributed by atoms with E-state index in [9.17, 15) is 9.59 Å². The Morgan fingerprint density at radius 3 is 2.24 bits per heavy atom. The molecule has 25 heavy (non-hydrogen) atoms. The summed E-state index contributed by atoms with van der Waals surface area (Å²) in [6, 6.07) is 11.9. The molecular weight excluding hydrogens is 363 g/mol. The minimum absolute atomic E-state index is 0.200. The molecule has 1 fully saturated rings. The third-order valence-corrected chi connectivity index (χ3v) is 4.40. The van der Waals surface area contributed by atoms with Gasteiger partial charge in [-0.05, 0) is 36.8 Å². The lowest BCUT2D eigenvalue weighted by atomic mass is 10.2. The van der Waals surface area contributed by atoms with Gasteiger partial charge in [-0.15, -0.1) is 0 Å². The fourth-order valence-electron chi connectivity index (χ4n) is 2.61. The molecule has 1 saturated carbocycles. The molecule has 0 bridgehead atoms. The van der Waals surface area contributed by atoms with Crippen molar-refractivity contribution in [3.63, 3.8) is 0 Å². The van der Waals surface area contributed by atoms with Gasteiger partial charge in [0.25, 0.3) is 0 Å². The number of carbonyl (C=O) groups is 2. The highest BCUT2D eigenvalue weighted by molar-refractivity contribution is 6.35. The Balaban J connectivity index is 1.60. The third-order valence-electron chi connectivity index (χ3n) is 3.96. The van der Waals surface area contributed by atoms with Crippen molar-refractivity contribution in [2.75, 3.05) is 17.7 Å². The Morgan fingerprint density at radius 1 is 1.00 bits per heavy atom. The smallest absolute Gasteiger partial charge is 0.228 e. The van der Waals surface area contributed by atoms with Crippen molar-refractivity contribution in [2.45, 2.75) is 6.42 Å². The van der Waals surface area contributed by atoms with Crippen LogP contribution in [0.4, 0.5) is 11.4 Å². The summed E-state index contributed by atoms with van der Waals surface area (Å²) < 4.78 is 5.20. The van der Waals surface area contributed by atoms with Crippen LogP contribution >= 0.6 is 23.2 Å². The van der Waals surface area contributed by atoms with Crippen molar-refractivity contribution in [1.82, 2.24) is 0 Å². The number of hydrogen-bond donors (Lipinski definition) is 2. The summed E-state index contributed by atoms with van der Waals surface area (Å²) >= 11 is 11.8. The van der Waals surface area contributed by atoms with Gasteiger partial charge in [-0.1, -0.05) is 35.3 Å². The highest BCUT2D eigenvalue weighted by Crippen LogP contribution is 2.41. The summed E-state index contributed by atoms with van der Waals surface area (Å²) in [4.78, 5) is 24.6. The van der Waals surface area contributed by atoms with Crippen molar-refractivity contribution in [3.05, 3.63) is 52.5 Å². The minimum Gasteiger partial charge on any atom is -0.495 e. The number of methoxy groups -OCH3 is 1. The van der Waals surface area contributed by atoms with Gasteiger partial charge in [-0.25, -0.2) is 0 Å². The highest BCUT2D eigenvalue weighted by Gasteiger charge is 2.48. The normalized spacial score (nSPS) is 18.4. The maximum atomic E-state index is 12.3. The Hall–Kier alpha value is -2.24. The first-order valence-electron chi connectivity index (χ1n) is 7.69. The van der Waals surface area contributed by atoms with Crippen molar-refractivity contribution < 1.29 is 14.3 Å². The SMILES string of the molecule is COc1ccccc1NC(=O)C1CC1C(=O)Nc1cc(Cl)cc(Cl)c1. The summed E-state index contributed by atoms with van der Waals surface area (Å²) in [5.41, 5.74) is 1.10. The molecule has 7 heteroatoms. The first kappa shape index (κ1) is 17.6. The van der Waals surface area contributed by atoms with Crippen LogP contribution in [0.1, 0.15) is 6.42 Å². The van der Waals surface area contributed by atoms with E-state index >= 15 is 0 Å². The Bertz CT molecular complexity index is 805. The van der Waals surface area contributed by atoms with Gasteiger partial charge >= 0.3 is 0 Å². The number of anilines is 2. The molecule has 2 aromatic carbocycles. The summed E-state index contributed by atoms with van der Waals surface area (Å²) in [7, 11) is 1.54. The zero-order valence-corrected chi connectivity index (χ0v) is 14.9. The van der Waals surface area contributed by atoms with Gasteiger partial charge in [-0.3, -0.25) is 9.59 Å². The summed E-state index contributed by atoms with van der Waals surface area (Å²) in [5, 5.41) is 6.42. The molecule has 0 radical (unpaired) electrons. The fourth-order valence-corrected chi connectivity index (χ4v) is 3.13. The van der Waals surface area contributed by atoms with E-state index in [0.29, 0.717) is 33.6 Å². The molecule has 0 heterocycles. The first-order valence-corrected chi connectivity index (χ1v) is 8.44. The molecule has 1 aliphatic rings. The second kappa shape index (κ2) is 7.33. The highest BCUT2D eigenvalue weighted by atomic mass is 35.5. The lowest BCUT2D eigenvalue weighted by molar-refractivity contribution is -0.122. The van der Waals surface area contributed by atoms with Gasteiger partial charge in [0.2, 0.25) is 11.8 Å².